The van der Waals surface area contributed by atoms with Crippen LogP contribution in [0.3, 0.4) is 0 Å². The third-order valence-corrected chi connectivity index (χ3v) is 5.86. The zero-order valence-electron chi connectivity index (χ0n) is 10.7. The van der Waals surface area contributed by atoms with Crippen molar-refractivity contribution in [1.29, 1.82) is 0 Å². The molecule has 100 valence electrons. The topological polar surface area (TPSA) is 43.1 Å². The number of anilines is 1. The Morgan fingerprint density at radius 2 is 2.22 bits per heavy atom. The fraction of sp³-hybridized carbons (Fsp3) is 0.571. The Labute approximate surface area is 116 Å². The number of rotatable bonds is 3. The molecule has 1 aromatic rings. The average molecular weight is 286 g/mol. The summed E-state index contributed by atoms with van der Waals surface area (Å²) in [5.41, 5.74) is 6.51. The van der Waals surface area contributed by atoms with E-state index < -0.39 is 10.8 Å². The Balaban J connectivity index is 2.17. The third kappa shape index (κ3) is 3.07. The van der Waals surface area contributed by atoms with Gasteiger partial charge in [0.1, 0.15) is 0 Å². The molecule has 0 spiro atoms. The van der Waals surface area contributed by atoms with Crippen molar-refractivity contribution in [2.24, 2.45) is 5.92 Å². The Morgan fingerprint density at radius 3 is 2.94 bits per heavy atom. The van der Waals surface area contributed by atoms with Gasteiger partial charge in [0, 0.05) is 16.0 Å². The molecule has 0 amide bonds. The van der Waals surface area contributed by atoms with E-state index in [1.165, 1.54) is 19.3 Å². The van der Waals surface area contributed by atoms with E-state index in [-0.39, 0.29) is 5.25 Å². The minimum Gasteiger partial charge on any atom is -0.398 e. The van der Waals surface area contributed by atoms with Gasteiger partial charge in [-0.15, -0.1) is 0 Å². The second-order valence-corrected chi connectivity index (χ2v) is 7.18. The first-order valence-electron chi connectivity index (χ1n) is 6.57. The molecule has 1 aliphatic rings. The molecule has 1 saturated carbocycles. The van der Waals surface area contributed by atoms with Crippen molar-refractivity contribution in [3.63, 3.8) is 0 Å². The van der Waals surface area contributed by atoms with Crippen LogP contribution in [0.25, 0.3) is 0 Å². The molecule has 0 aliphatic heterocycles. The molecule has 0 radical (unpaired) electrons. The van der Waals surface area contributed by atoms with Gasteiger partial charge in [0.05, 0.1) is 15.7 Å². The van der Waals surface area contributed by atoms with Gasteiger partial charge >= 0.3 is 0 Å². The predicted molar refractivity (Wildman–Crippen MR) is 78.3 cm³/mol. The van der Waals surface area contributed by atoms with Crippen molar-refractivity contribution in [2.75, 3.05) is 5.73 Å². The molecule has 0 heterocycles. The largest absolute Gasteiger partial charge is 0.398 e. The smallest absolute Gasteiger partial charge is 0.0635 e. The highest BCUT2D eigenvalue weighted by Crippen LogP contribution is 2.33. The molecular formula is C14H20ClNOS. The Hall–Kier alpha value is -0.540. The third-order valence-electron chi connectivity index (χ3n) is 3.81. The maximum absolute atomic E-state index is 12.6. The summed E-state index contributed by atoms with van der Waals surface area (Å²) in [6.07, 6.45) is 5.72. The second-order valence-electron chi connectivity index (χ2n) is 5.04. The number of hydrogen-bond donors (Lipinski definition) is 1. The molecule has 3 unspecified atom stereocenters. The van der Waals surface area contributed by atoms with Gasteiger partial charge in [0.25, 0.3) is 0 Å². The van der Waals surface area contributed by atoms with E-state index in [9.17, 15) is 4.21 Å². The zero-order valence-corrected chi connectivity index (χ0v) is 12.3. The fourth-order valence-corrected chi connectivity index (χ4v) is 4.64. The highest BCUT2D eigenvalue weighted by Gasteiger charge is 2.27. The fourth-order valence-electron chi connectivity index (χ4n) is 2.67. The summed E-state index contributed by atoms with van der Waals surface area (Å²) in [4.78, 5) is 0.712. The first kappa shape index (κ1) is 13.9. The van der Waals surface area contributed by atoms with Gasteiger partial charge < -0.3 is 5.73 Å². The molecule has 2 rings (SSSR count). The van der Waals surface area contributed by atoms with Crippen LogP contribution in [-0.4, -0.2) is 9.46 Å². The van der Waals surface area contributed by atoms with Crippen molar-refractivity contribution in [3.8, 4) is 0 Å². The Bertz CT molecular complexity index is 449. The molecule has 0 saturated heterocycles. The van der Waals surface area contributed by atoms with E-state index in [4.69, 9.17) is 17.3 Å². The molecular weight excluding hydrogens is 266 g/mol. The SMILES string of the molecule is CCC1CCCC(S(=O)c2cc(Cl)ccc2N)C1. The van der Waals surface area contributed by atoms with Crippen LogP contribution in [0.5, 0.6) is 0 Å². The van der Waals surface area contributed by atoms with E-state index in [2.05, 4.69) is 6.92 Å². The van der Waals surface area contributed by atoms with Crippen molar-refractivity contribution in [2.45, 2.75) is 49.2 Å². The summed E-state index contributed by atoms with van der Waals surface area (Å²) in [5, 5.41) is 0.847. The van der Waals surface area contributed by atoms with Crippen LogP contribution in [0.1, 0.15) is 39.0 Å². The quantitative estimate of drug-likeness (QED) is 0.853. The van der Waals surface area contributed by atoms with Gasteiger partial charge in [-0.25, -0.2) is 0 Å². The Morgan fingerprint density at radius 1 is 1.44 bits per heavy atom. The van der Waals surface area contributed by atoms with Gasteiger partial charge in [-0.05, 0) is 37.0 Å². The molecule has 1 aromatic carbocycles. The summed E-state index contributed by atoms with van der Waals surface area (Å²) in [5.74, 6) is 0.716. The summed E-state index contributed by atoms with van der Waals surface area (Å²) in [6.45, 7) is 2.21. The van der Waals surface area contributed by atoms with Gasteiger partial charge in [0.15, 0.2) is 0 Å². The monoisotopic (exact) mass is 285 g/mol. The van der Waals surface area contributed by atoms with E-state index >= 15 is 0 Å². The lowest BCUT2D eigenvalue weighted by atomic mass is 9.87. The lowest BCUT2D eigenvalue weighted by molar-refractivity contribution is 0.353. The number of nitrogen functional groups attached to an aromatic ring is 1. The van der Waals surface area contributed by atoms with Crippen LogP contribution >= 0.6 is 11.6 Å². The second kappa shape index (κ2) is 6.07. The Kier molecular flexibility index (Phi) is 4.68. The van der Waals surface area contributed by atoms with E-state index in [1.807, 2.05) is 0 Å². The van der Waals surface area contributed by atoms with Gasteiger partial charge in [-0.1, -0.05) is 37.8 Å². The number of hydrogen-bond acceptors (Lipinski definition) is 2. The predicted octanol–water partition coefficient (Wildman–Crippen LogP) is 4.00. The number of benzene rings is 1. The number of nitrogens with two attached hydrogens (primary N) is 1. The normalized spacial score (nSPS) is 25.9. The molecule has 0 bridgehead atoms. The van der Waals surface area contributed by atoms with Crippen LogP contribution in [0.2, 0.25) is 5.02 Å². The van der Waals surface area contributed by atoms with Gasteiger partial charge in [-0.2, -0.15) is 0 Å². The van der Waals surface area contributed by atoms with Crippen LogP contribution in [0, 0.1) is 5.92 Å². The molecule has 2 N–H and O–H groups in total. The lowest BCUT2D eigenvalue weighted by Gasteiger charge is -2.28. The summed E-state index contributed by atoms with van der Waals surface area (Å²) in [7, 11) is -1.02. The van der Waals surface area contributed by atoms with Crippen molar-refractivity contribution in [1.82, 2.24) is 0 Å². The summed E-state index contributed by atoms with van der Waals surface area (Å²) in [6, 6.07) is 5.24. The van der Waals surface area contributed by atoms with Crippen LogP contribution < -0.4 is 5.73 Å². The van der Waals surface area contributed by atoms with Gasteiger partial charge in [0.2, 0.25) is 0 Å². The molecule has 2 nitrogen and oxygen atoms in total. The highest BCUT2D eigenvalue weighted by atomic mass is 35.5. The van der Waals surface area contributed by atoms with Crippen LogP contribution in [0.4, 0.5) is 5.69 Å². The minimum absolute atomic E-state index is 0.240. The summed E-state index contributed by atoms with van der Waals surface area (Å²) >= 11 is 5.97. The first-order valence-corrected chi connectivity index (χ1v) is 8.16. The molecule has 18 heavy (non-hydrogen) atoms. The average Bonchev–Trinajstić information content (AvgIpc) is 2.41. The van der Waals surface area contributed by atoms with E-state index in [1.54, 1.807) is 18.2 Å². The van der Waals surface area contributed by atoms with Crippen molar-refractivity contribution in [3.05, 3.63) is 23.2 Å². The molecule has 1 fully saturated rings. The maximum atomic E-state index is 12.6. The van der Waals surface area contributed by atoms with Crippen molar-refractivity contribution >= 4 is 28.1 Å². The minimum atomic E-state index is -1.02. The zero-order chi connectivity index (χ0) is 13.1. The molecule has 4 heteroatoms. The van der Waals surface area contributed by atoms with E-state index in [0.29, 0.717) is 21.5 Å². The molecule has 3 atom stereocenters. The molecule has 0 aromatic heterocycles. The highest BCUT2D eigenvalue weighted by molar-refractivity contribution is 7.85. The van der Waals surface area contributed by atoms with Crippen molar-refractivity contribution < 1.29 is 4.21 Å². The van der Waals surface area contributed by atoms with Gasteiger partial charge in [-0.3, -0.25) is 4.21 Å². The maximum Gasteiger partial charge on any atom is 0.0635 e. The van der Waals surface area contributed by atoms with Crippen LogP contribution in [0.15, 0.2) is 23.1 Å². The summed E-state index contributed by atoms with van der Waals surface area (Å²) < 4.78 is 12.6. The first-order chi connectivity index (χ1) is 8.61. The van der Waals surface area contributed by atoms with Crippen LogP contribution in [-0.2, 0) is 10.8 Å². The number of halogens is 1. The lowest BCUT2D eigenvalue weighted by Crippen LogP contribution is -2.24. The molecule has 1 aliphatic carbocycles. The van der Waals surface area contributed by atoms with E-state index in [0.717, 1.165) is 12.8 Å². The standard InChI is InChI=1S/C14H20ClNOS/c1-2-10-4-3-5-12(8-10)18(17)14-9-11(15)6-7-13(14)16/h6-7,9-10,12H,2-5,8,16H2,1H3.